The molecule has 4 nitrogen and oxygen atoms in total. The van der Waals surface area contributed by atoms with Crippen LogP contribution < -0.4 is 10.9 Å². The van der Waals surface area contributed by atoms with Gasteiger partial charge in [-0.3, -0.25) is 4.79 Å². The van der Waals surface area contributed by atoms with E-state index in [9.17, 15) is 14.0 Å². The fourth-order valence-electron chi connectivity index (χ4n) is 2.44. The molecule has 0 saturated carbocycles. The molecule has 1 N–H and O–H groups in total. The Bertz CT molecular complexity index is 1030. The lowest BCUT2D eigenvalue weighted by molar-refractivity contribution is 0.0936. The zero-order valence-electron chi connectivity index (χ0n) is 13.0. The Hall–Kier alpha value is -2.37. The molecule has 0 aliphatic heterocycles. The number of carbonyl (C=O) groups is 1. The van der Waals surface area contributed by atoms with Crippen LogP contribution in [0.4, 0.5) is 4.39 Å². The minimum absolute atomic E-state index is 0.109. The van der Waals surface area contributed by atoms with Crippen LogP contribution in [-0.2, 0) is 0 Å². The van der Waals surface area contributed by atoms with Crippen molar-refractivity contribution in [2.75, 3.05) is 0 Å². The molecule has 0 radical (unpaired) electrons. The number of nitrogens with one attached hydrogen (secondary N) is 1. The summed E-state index contributed by atoms with van der Waals surface area (Å²) in [7, 11) is 0. The van der Waals surface area contributed by atoms with E-state index in [1.165, 1.54) is 12.1 Å². The van der Waals surface area contributed by atoms with E-state index in [0.717, 1.165) is 6.07 Å². The lowest BCUT2D eigenvalue weighted by Crippen LogP contribution is -2.30. The van der Waals surface area contributed by atoms with E-state index in [-0.39, 0.29) is 15.6 Å². The number of halogens is 3. The molecule has 1 amide bonds. The van der Waals surface area contributed by atoms with Gasteiger partial charge >= 0.3 is 5.63 Å². The molecular formula is C18H12Cl2FNO3. The largest absolute Gasteiger partial charge is 0.422 e. The molecule has 0 aliphatic rings. The topological polar surface area (TPSA) is 59.3 Å². The number of benzene rings is 2. The van der Waals surface area contributed by atoms with Crippen LogP contribution >= 0.6 is 23.2 Å². The molecule has 1 aromatic heterocycles. The molecule has 3 aromatic rings. The van der Waals surface area contributed by atoms with Crippen LogP contribution in [-0.4, -0.2) is 5.91 Å². The van der Waals surface area contributed by atoms with Crippen LogP contribution in [0.2, 0.25) is 10.0 Å². The fourth-order valence-corrected chi connectivity index (χ4v) is 2.99. The van der Waals surface area contributed by atoms with Crippen molar-refractivity contribution in [3.05, 3.63) is 79.9 Å². The van der Waals surface area contributed by atoms with Gasteiger partial charge in [-0.05, 0) is 36.8 Å². The van der Waals surface area contributed by atoms with Gasteiger partial charge in [-0.1, -0.05) is 41.4 Å². The highest BCUT2D eigenvalue weighted by atomic mass is 35.5. The molecule has 1 heterocycles. The first-order chi connectivity index (χ1) is 11.9. The third kappa shape index (κ3) is 3.52. The fraction of sp³-hybridized carbons (Fsp3) is 0.111. The highest BCUT2D eigenvalue weighted by Crippen LogP contribution is 2.28. The Morgan fingerprint density at radius 1 is 1.16 bits per heavy atom. The predicted octanol–water partition coefficient (Wildman–Crippen LogP) is 4.73. The number of rotatable bonds is 3. The maximum Gasteiger partial charge on any atom is 0.349 e. The molecule has 0 fully saturated rings. The second-order valence-corrected chi connectivity index (χ2v) is 6.28. The van der Waals surface area contributed by atoms with Crippen LogP contribution in [0.1, 0.15) is 28.9 Å². The van der Waals surface area contributed by atoms with E-state index in [1.807, 2.05) is 0 Å². The molecule has 0 bridgehead atoms. The van der Waals surface area contributed by atoms with Crippen molar-refractivity contribution in [3.63, 3.8) is 0 Å². The van der Waals surface area contributed by atoms with E-state index >= 15 is 0 Å². The zero-order valence-corrected chi connectivity index (χ0v) is 14.5. The maximum atomic E-state index is 13.7. The molecule has 128 valence electrons. The first-order valence-corrected chi connectivity index (χ1v) is 8.10. The van der Waals surface area contributed by atoms with Gasteiger partial charge in [0, 0.05) is 10.4 Å². The quantitative estimate of drug-likeness (QED) is 0.528. The summed E-state index contributed by atoms with van der Waals surface area (Å²) in [4.78, 5) is 24.4. The number of fused-ring (bicyclic) bond motifs is 1. The molecule has 7 heteroatoms. The van der Waals surface area contributed by atoms with Gasteiger partial charge in [0.15, 0.2) is 0 Å². The Labute approximate surface area is 152 Å². The lowest BCUT2D eigenvalue weighted by Gasteiger charge is -2.16. The van der Waals surface area contributed by atoms with Crippen molar-refractivity contribution in [1.29, 1.82) is 0 Å². The third-order valence-corrected chi connectivity index (χ3v) is 4.36. The van der Waals surface area contributed by atoms with Crippen LogP contribution in [0.3, 0.4) is 0 Å². The van der Waals surface area contributed by atoms with Crippen molar-refractivity contribution >= 4 is 40.1 Å². The van der Waals surface area contributed by atoms with Gasteiger partial charge in [0.1, 0.15) is 17.0 Å². The van der Waals surface area contributed by atoms with Crippen molar-refractivity contribution in [2.24, 2.45) is 0 Å². The van der Waals surface area contributed by atoms with E-state index in [1.54, 1.807) is 31.2 Å². The Morgan fingerprint density at radius 3 is 2.64 bits per heavy atom. The average Bonchev–Trinajstić information content (AvgIpc) is 2.57. The molecule has 25 heavy (non-hydrogen) atoms. The van der Waals surface area contributed by atoms with E-state index in [0.29, 0.717) is 16.5 Å². The summed E-state index contributed by atoms with van der Waals surface area (Å²) in [5.41, 5.74) is -0.157. The Kier molecular flexibility index (Phi) is 4.79. The second-order valence-electron chi connectivity index (χ2n) is 5.47. The van der Waals surface area contributed by atoms with Crippen LogP contribution in [0, 0.1) is 5.82 Å². The highest BCUT2D eigenvalue weighted by Gasteiger charge is 2.19. The lowest BCUT2D eigenvalue weighted by atomic mass is 10.1. The minimum atomic E-state index is -0.753. The maximum absolute atomic E-state index is 13.7. The molecule has 1 atom stereocenters. The van der Waals surface area contributed by atoms with Crippen LogP contribution in [0.15, 0.2) is 51.7 Å². The standard InChI is InChI=1S/C18H12Cl2FNO3/c1-9(11-7-15(21)14(20)8-13(11)19)22-17(23)12-6-10-4-2-3-5-16(10)25-18(12)24/h2-9H,1H3,(H,22,23)/t9-/m0/s1. The van der Waals surface area contributed by atoms with Crippen molar-refractivity contribution in [2.45, 2.75) is 13.0 Å². The second kappa shape index (κ2) is 6.86. The van der Waals surface area contributed by atoms with Crippen LogP contribution in [0.25, 0.3) is 11.0 Å². The third-order valence-electron chi connectivity index (χ3n) is 3.74. The summed E-state index contributed by atoms with van der Waals surface area (Å²) in [5, 5.41) is 3.34. The smallest absolute Gasteiger partial charge is 0.349 e. The summed E-state index contributed by atoms with van der Waals surface area (Å²) < 4.78 is 18.8. The average molecular weight is 380 g/mol. The normalized spacial score (nSPS) is 12.2. The van der Waals surface area contributed by atoms with E-state index in [4.69, 9.17) is 27.6 Å². The summed E-state index contributed by atoms with van der Waals surface area (Å²) >= 11 is 11.7. The van der Waals surface area contributed by atoms with Crippen molar-refractivity contribution in [1.82, 2.24) is 5.32 Å². The highest BCUT2D eigenvalue weighted by molar-refractivity contribution is 6.35. The summed E-state index contributed by atoms with van der Waals surface area (Å²) in [6, 6.07) is 10.1. The summed E-state index contributed by atoms with van der Waals surface area (Å²) in [6.45, 7) is 1.62. The van der Waals surface area contributed by atoms with Gasteiger partial charge in [0.2, 0.25) is 0 Å². The van der Waals surface area contributed by atoms with Crippen molar-refractivity contribution < 1.29 is 13.6 Å². The van der Waals surface area contributed by atoms with Gasteiger partial charge in [0.25, 0.3) is 5.91 Å². The first-order valence-electron chi connectivity index (χ1n) is 7.35. The van der Waals surface area contributed by atoms with Gasteiger partial charge in [-0.25, -0.2) is 9.18 Å². The van der Waals surface area contributed by atoms with E-state index in [2.05, 4.69) is 5.32 Å². The predicted molar refractivity (Wildman–Crippen MR) is 94.8 cm³/mol. The molecular weight excluding hydrogens is 368 g/mol. The molecule has 3 rings (SSSR count). The number of hydrogen-bond donors (Lipinski definition) is 1. The Balaban J connectivity index is 1.91. The Morgan fingerprint density at radius 2 is 1.88 bits per heavy atom. The molecule has 2 aromatic carbocycles. The van der Waals surface area contributed by atoms with Gasteiger partial charge in [0.05, 0.1) is 11.1 Å². The first kappa shape index (κ1) is 17.5. The molecule has 0 saturated heterocycles. The zero-order chi connectivity index (χ0) is 18.1. The van der Waals surface area contributed by atoms with Gasteiger partial charge in [-0.15, -0.1) is 0 Å². The number of carbonyl (C=O) groups excluding carboxylic acids is 1. The SMILES string of the molecule is C[C@H](NC(=O)c1cc2ccccc2oc1=O)c1cc(F)c(Cl)cc1Cl. The number of hydrogen-bond acceptors (Lipinski definition) is 3. The van der Waals surface area contributed by atoms with Crippen molar-refractivity contribution in [3.8, 4) is 0 Å². The summed E-state index contributed by atoms with van der Waals surface area (Å²) in [5.74, 6) is -1.29. The van der Waals surface area contributed by atoms with Crippen LogP contribution in [0.5, 0.6) is 0 Å². The molecule has 0 spiro atoms. The molecule has 0 aliphatic carbocycles. The summed E-state index contributed by atoms with van der Waals surface area (Å²) in [6.07, 6.45) is 0. The number of para-hydroxylation sites is 1. The minimum Gasteiger partial charge on any atom is -0.422 e. The van der Waals surface area contributed by atoms with Gasteiger partial charge < -0.3 is 9.73 Å². The van der Waals surface area contributed by atoms with Gasteiger partial charge in [-0.2, -0.15) is 0 Å². The monoisotopic (exact) mass is 379 g/mol. The molecule has 0 unspecified atom stereocenters. The van der Waals surface area contributed by atoms with E-state index < -0.39 is 23.4 Å². The number of amides is 1.